The average Bonchev–Trinajstić information content (AvgIpc) is 2.93. The molecule has 0 radical (unpaired) electrons. The van der Waals surface area contributed by atoms with E-state index >= 15 is 0 Å². The van der Waals surface area contributed by atoms with Crippen LogP contribution in [-0.4, -0.2) is 32.8 Å². The van der Waals surface area contributed by atoms with Crippen molar-refractivity contribution in [1.29, 1.82) is 0 Å². The van der Waals surface area contributed by atoms with E-state index in [1.807, 2.05) is 0 Å². The summed E-state index contributed by atoms with van der Waals surface area (Å²) in [7, 11) is 1.37. The van der Waals surface area contributed by atoms with E-state index < -0.39 is 0 Å². The summed E-state index contributed by atoms with van der Waals surface area (Å²) in [5.41, 5.74) is 7.61. The summed E-state index contributed by atoms with van der Waals surface area (Å²) < 4.78 is 10.1. The fourth-order valence-corrected chi connectivity index (χ4v) is 2.26. The Balaban J connectivity index is 1.99. The van der Waals surface area contributed by atoms with Crippen molar-refractivity contribution >= 4 is 17.3 Å². The highest BCUT2D eigenvalue weighted by molar-refractivity contribution is 5.98. The van der Waals surface area contributed by atoms with Crippen LogP contribution < -0.4 is 11.1 Å². The maximum absolute atomic E-state index is 11.7. The van der Waals surface area contributed by atoms with Gasteiger partial charge in [0.2, 0.25) is 0 Å². The second-order valence-electron chi connectivity index (χ2n) is 4.71. The Morgan fingerprint density at radius 3 is 3.11 bits per heavy atom. The lowest BCUT2D eigenvalue weighted by Crippen LogP contribution is -2.14. The predicted molar refractivity (Wildman–Crippen MR) is 74.2 cm³/mol. The van der Waals surface area contributed by atoms with E-state index in [-0.39, 0.29) is 5.97 Å². The molecule has 5 heteroatoms. The lowest BCUT2D eigenvalue weighted by atomic mass is 10.0. The van der Waals surface area contributed by atoms with E-state index in [2.05, 4.69) is 5.32 Å². The lowest BCUT2D eigenvalue weighted by Gasteiger charge is -2.14. The van der Waals surface area contributed by atoms with Crippen LogP contribution in [0.15, 0.2) is 18.2 Å². The Morgan fingerprint density at radius 2 is 2.42 bits per heavy atom. The zero-order valence-corrected chi connectivity index (χ0v) is 11.1. The number of para-hydroxylation sites is 1. The van der Waals surface area contributed by atoms with Gasteiger partial charge in [-0.05, 0) is 30.9 Å². The minimum atomic E-state index is -0.376. The molecule has 0 spiro atoms. The van der Waals surface area contributed by atoms with Crippen molar-refractivity contribution in [2.45, 2.75) is 12.8 Å². The van der Waals surface area contributed by atoms with E-state index in [4.69, 9.17) is 15.2 Å². The maximum Gasteiger partial charge on any atom is 0.340 e. The first-order chi connectivity index (χ1) is 9.22. The van der Waals surface area contributed by atoms with Crippen molar-refractivity contribution in [2.24, 2.45) is 5.92 Å². The molecule has 0 aromatic heterocycles. The molecule has 1 saturated heterocycles. The quantitative estimate of drug-likeness (QED) is 0.627. The number of rotatable bonds is 5. The second kappa shape index (κ2) is 6.43. The predicted octanol–water partition coefficient (Wildman–Crippen LogP) is 1.89. The normalized spacial score (nSPS) is 18.3. The van der Waals surface area contributed by atoms with Crippen molar-refractivity contribution in [1.82, 2.24) is 0 Å². The molecule has 1 aromatic carbocycles. The summed E-state index contributed by atoms with van der Waals surface area (Å²) in [6.45, 7) is 2.45. The standard InChI is InChI=1S/C14H20N2O3/c1-18-14(17)11-3-2-4-12(15)13(11)16-7-5-10-6-8-19-9-10/h2-4,10,16H,5-9,15H2,1H3. The van der Waals surface area contributed by atoms with Crippen LogP contribution in [0, 0.1) is 5.92 Å². The molecule has 1 unspecified atom stereocenters. The minimum absolute atomic E-state index is 0.376. The summed E-state index contributed by atoms with van der Waals surface area (Å²) in [6, 6.07) is 5.23. The fourth-order valence-electron chi connectivity index (χ4n) is 2.26. The van der Waals surface area contributed by atoms with Gasteiger partial charge in [0, 0.05) is 19.8 Å². The van der Waals surface area contributed by atoms with Crippen LogP contribution >= 0.6 is 0 Å². The molecule has 19 heavy (non-hydrogen) atoms. The molecule has 1 aromatic rings. The number of nitrogens with one attached hydrogen (secondary N) is 1. The minimum Gasteiger partial charge on any atom is -0.465 e. The van der Waals surface area contributed by atoms with E-state index in [9.17, 15) is 4.79 Å². The third-order valence-corrected chi connectivity index (χ3v) is 3.38. The molecule has 0 amide bonds. The zero-order chi connectivity index (χ0) is 13.7. The number of carbonyl (C=O) groups is 1. The van der Waals surface area contributed by atoms with Gasteiger partial charge in [-0.1, -0.05) is 6.07 Å². The van der Waals surface area contributed by atoms with Gasteiger partial charge in [-0.3, -0.25) is 0 Å². The number of ether oxygens (including phenoxy) is 2. The number of hydrogen-bond donors (Lipinski definition) is 2. The van der Waals surface area contributed by atoms with Crippen molar-refractivity contribution in [2.75, 3.05) is 37.9 Å². The Bertz CT molecular complexity index is 442. The molecular weight excluding hydrogens is 244 g/mol. The molecule has 3 N–H and O–H groups in total. The third-order valence-electron chi connectivity index (χ3n) is 3.38. The van der Waals surface area contributed by atoms with Gasteiger partial charge < -0.3 is 20.5 Å². The van der Waals surface area contributed by atoms with Gasteiger partial charge in [0.25, 0.3) is 0 Å². The molecule has 5 nitrogen and oxygen atoms in total. The largest absolute Gasteiger partial charge is 0.465 e. The van der Waals surface area contributed by atoms with Crippen LogP contribution in [0.5, 0.6) is 0 Å². The average molecular weight is 264 g/mol. The summed E-state index contributed by atoms with van der Waals surface area (Å²) in [5.74, 6) is 0.220. The van der Waals surface area contributed by atoms with Crippen LogP contribution in [0.2, 0.25) is 0 Å². The molecule has 0 bridgehead atoms. The summed E-state index contributed by atoms with van der Waals surface area (Å²) in [5, 5.41) is 3.24. The first-order valence-electron chi connectivity index (χ1n) is 6.50. The number of benzene rings is 1. The fraction of sp³-hybridized carbons (Fsp3) is 0.500. The summed E-state index contributed by atoms with van der Waals surface area (Å²) in [4.78, 5) is 11.7. The molecule has 2 rings (SSSR count). The number of carbonyl (C=O) groups excluding carboxylic acids is 1. The molecule has 1 fully saturated rings. The van der Waals surface area contributed by atoms with Gasteiger partial charge in [0.1, 0.15) is 0 Å². The number of nitrogen functional groups attached to an aromatic ring is 1. The molecule has 1 aliphatic rings. The highest BCUT2D eigenvalue weighted by Gasteiger charge is 2.17. The van der Waals surface area contributed by atoms with E-state index in [0.717, 1.165) is 32.6 Å². The van der Waals surface area contributed by atoms with Gasteiger partial charge in [-0.2, -0.15) is 0 Å². The second-order valence-corrected chi connectivity index (χ2v) is 4.71. The highest BCUT2D eigenvalue weighted by Crippen LogP contribution is 2.25. The van der Waals surface area contributed by atoms with Crippen molar-refractivity contribution in [3.05, 3.63) is 23.8 Å². The van der Waals surface area contributed by atoms with Crippen LogP contribution in [0.4, 0.5) is 11.4 Å². The van der Waals surface area contributed by atoms with Crippen LogP contribution in [-0.2, 0) is 9.47 Å². The molecule has 1 aliphatic heterocycles. The van der Waals surface area contributed by atoms with Crippen LogP contribution in [0.1, 0.15) is 23.2 Å². The first kappa shape index (κ1) is 13.7. The molecule has 0 saturated carbocycles. The Morgan fingerprint density at radius 1 is 1.58 bits per heavy atom. The first-order valence-corrected chi connectivity index (χ1v) is 6.50. The van der Waals surface area contributed by atoms with Gasteiger partial charge >= 0.3 is 5.97 Å². The summed E-state index contributed by atoms with van der Waals surface area (Å²) in [6.07, 6.45) is 2.12. The van der Waals surface area contributed by atoms with Crippen molar-refractivity contribution in [3.8, 4) is 0 Å². The summed E-state index contributed by atoms with van der Waals surface area (Å²) >= 11 is 0. The van der Waals surface area contributed by atoms with Crippen LogP contribution in [0.25, 0.3) is 0 Å². The van der Waals surface area contributed by atoms with E-state index in [0.29, 0.717) is 22.9 Å². The van der Waals surface area contributed by atoms with Gasteiger partial charge in [-0.25, -0.2) is 4.79 Å². The van der Waals surface area contributed by atoms with Gasteiger partial charge in [-0.15, -0.1) is 0 Å². The van der Waals surface area contributed by atoms with Gasteiger partial charge in [0.05, 0.1) is 24.0 Å². The SMILES string of the molecule is COC(=O)c1cccc(N)c1NCCC1CCOC1. The van der Waals surface area contributed by atoms with Crippen molar-refractivity contribution < 1.29 is 14.3 Å². The van der Waals surface area contributed by atoms with E-state index in [1.165, 1.54) is 7.11 Å². The monoisotopic (exact) mass is 264 g/mol. The molecular formula is C14H20N2O3. The van der Waals surface area contributed by atoms with Crippen LogP contribution in [0.3, 0.4) is 0 Å². The number of methoxy groups -OCH3 is 1. The number of anilines is 2. The smallest absolute Gasteiger partial charge is 0.340 e. The van der Waals surface area contributed by atoms with Gasteiger partial charge in [0.15, 0.2) is 0 Å². The van der Waals surface area contributed by atoms with Crippen molar-refractivity contribution in [3.63, 3.8) is 0 Å². The number of nitrogens with two attached hydrogens (primary N) is 1. The Labute approximate surface area is 113 Å². The lowest BCUT2D eigenvalue weighted by molar-refractivity contribution is 0.0602. The molecule has 104 valence electrons. The number of esters is 1. The zero-order valence-electron chi connectivity index (χ0n) is 11.1. The third kappa shape index (κ3) is 3.38. The maximum atomic E-state index is 11.7. The number of hydrogen-bond acceptors (Lipinski definition) is 5. The molecule has 0 aliphatic carbocycles. The molecule has 1 atom stereocenters. The Hall–Kier alpha value is -1.75. The highest BCUT2D eigenvalue weighted by atomic mass is 16.5. The topological polar surface area (TPSA) is 73.6 Å². The van der Waals surface area contributed by atoms with E-state index in [1.54, 1.807) is 18.2 Å². The molecule has 1 heterocycles. The Kier molecular flexibility index (Phi) is 4.63.